The van der Waals surface area contributed by atoms with E-state index in [-0.39, 0.29) is 10.7 Å². The molecule has 0 heterocycles. The van der Waals surface area contributed by atoms with E-state index in [2.05, 4.69) is 5.32 Å². The summed E-state index contributed by atoms with van der Waals surface area (Å²) >= 11 is 11.7. The van der Waals surface area contributed by atoms with Crippen molar-refractivity contribution in [2.24, 2.45) is 0 Å². The van der Waals surface area contributed by atoms with Crippen molar-refractivity contribution in [2.75, 3.05) is 5.32 Å². The number of hydrogen-bond donors (Lipinski definition) is 1. The Labute approximate surface area is 152 Å². The molecule has 8 heteroatoms. The maximum Gasteiger partial charge on any atom is 0.416 e. The lowest BCUT2D eigenvalue weighted by Gasteiger charge is -2.18. The Bertz CT molecular complexity index is 766. The molecule has 1 amide bonds. The van der Waals surface area contributed by atoms with Crippen LogP contribution in [0.5, 0.6) is 5.75 Å². The molecule has 0 aliphatic rings. The van der Waals surface area contributed by atoms with Gasteiger partial charge in [0.25, 0.3) is 5.91 Å². The monoisotopic (exact) mass is 391 g/mol. The summed E-state index contributed by atoms with van der Waals surface area (Å²) in [6.07, 6.45) is -5.15. The molecule has 0 fully saturated rings. The molecule has 3 nitrogen and oxygen atoms in total. The number of hydrogen-bond acceptors (Lipinski definition) is 2. The largest absolute Gasteiger partial charge is 0.481 e. The minimum Gasteiger partial charge on any atom is -0.481 e. The van der Waals surface area contributed by atoms with Gasteiger partial charge in [-0.25, -0.2) is 0 Å². The van der Waals surface area contributed by atoms with Gasteiger partial charge in [0.15, 0.2) is 6.10 Å². The number of nitrogens with one attached hydrogen (secondary N) is 1. The zero-order valence-corrected chi connectivity index (χ0v) is 14.5. The summed E-state index contributed by atoms with van der Waals surface area (Å²) in [7, 11) is 0. The van der Waals surface area contributed by atoms with Crippen LogP contribution in [0.15, 0.2) is 42.5 Å². The fourth-order valence-corrected chi connectivity index (χ4v) is 2.38. The topological polar surface area (TPSA) is 38.3 Å². The zero-order chi connectivity index (χ0) is 18.6. The van der Waals surface area contributed by atoms with Gasteiger partial charge in [-0.05, 0) is 42.8 Å². The Morgan fingerprint density at radius 1 is 1.20 bits per heavy atom. The smallest absolute Gasteiger partial charge is 0.416 e. The van der Waals surface area contributed by atoms with Crippen molar-refractivity contribution in [3.63, 3.8) is 0 Å². The minimum atomic E-state index is -4.54. The van der Waals surface area contributed by atoms with Gasteiger partial charge in [0.05, 0.1) is 16.3 Å². The molecular weight excluding hydrogens is 378 g/mol. The third-order valence-electron chi connectivity index (χ3n) is 3.29. The van der Waals surface area contributed by atoms with E-state index in [0.717, 1.165) is 18.2 Å². The van der Waals surface area contributed by atoms with E-state index in [1.54, 1.807) is 25.1 Å². The van der Waals surface area contributed by atoms with E-state index in [1.807, 2.05) is 0 Å². The van der Waals surface area contributed by atoms with Gasteiger partial charge < -0.3 is 10.1 Å². The number of rotatable bonds is 5. The number of anilines is 1. The van der Waals surface area contributed by atoms with Crippen LogP contribution in [0.4, 0.5) is 18.9 Å². The molecule has 1 N–H and O–H groups in total. The van der Waals surface area contributed by atoms with E-state index in [0.29, 0.717) is 17.2 Å². The summed E-state index contributed by atoms with van der Waals surface area (Å²) in [6.45, 7) is 1.71. The molecule has 0 bridgehead atoms. The second kappa shape index (κ2) is 7.97. The molecule has 0 spiro atoms. The summed E-state index contributed by atoms with van der Waals surface area (Å²) < 4.78 is 43.9. The molecule has 134 valence electrons. The number of amides is 1. The number of alkyl halides is 3. The Morgan fingerprint density at radius 2 is 1.92 bits per heavy atom. The summed E-state index contributed by atoms with van der Waals surface area (Å²) in [5, 5.41) is 2.82. The predicted octanol–water partition coefficient (Wildman–Crippen LogP) is 5.81. The van der Waals surface area contributed by atoms with Gasteiger partial charge in [-0.3, -0.25) is 4.79 Å². The quantitative estimate of drug-likeness (QED) is 0.698. The van der Waals surface area contributed by atoms with Crippen LogP contribution < -0.4 is 10.1 Å². The van der Waals surface area contributed by atoms with E-state index in [1.165, 1.54) is 6.07 Å². The summed E-state index contributed by atoms with van der Waals surface area (Å²) in [5.74, 6) is -0.228. The highest BCUT2D eigenvalue weighted by atomic mass is 35.5. The van der Waals surface area contributed by atoms with Gasteiger partial charge in [0, 0.05) is 5.02 Å². The molecule has 25 heavy (non-hydrogen) atoms. The summed E-state index contributed by atoms with van der Waals surface area (Å²) in [4.78, 5) is 12.3. The summed E-state index contributed by atoms with van der Waals surface area (Å²) in [6, 6.07) is 9.18. The number of halogens is 5. The molecule has 0 aromatic heterocycles. The van der Waals surface area contributed by atoms with E-state index >= 15 is 0 Å². The van der Waals surface area contributed by atoms with Crippen LogP contribution in [0.2, 0.25) is 10.0 Å². The van der Waals surface area contributed by atoms with Crippen LogP contribution >= 0.6 is 23.2 Å². The van der Waals surface area contributed by atoms with Crippen molar-refractivity contribution in [2.45, 2.75) is 25.6 Å². The van der Waals surface area contributed by atoms with Crippen molar-refractivity contribution >= 4 is 34.8 Å². The van der Waals surface area contributed by atoms with Crippen LogP contribution in [-0.4, -0.2) is 12.0 Å². The van der Waals surface area contributed by atoms with Crippen LogP contribution in [0.3, 0.4) is 0 Å². The first-order chi connectivity index (χ1) is 11.7. The van der Waals surface area contributed by atoms with E-state index in [4.69, 9.17) is 27.9 Å². The Morgan fingerprint density at radius 3 is 2.52 bits per heavy atom. The molecule has 2 rings (SSSR count). The Kier molecular flexibility index (Phi) is 6.19. The molecule has 0 saturated heterocycles. The number of ether oxygens (including phenoxy) is 1. The molecule has 0 aliphatic heterocycles. The lowest BCUT2D eigenvalue weighted by atomic mass is 10.1. The molecule has 1 atom stereocenters. The lowest BCUT2D eigenvalue weighted by Crippen LogP contribution is -2.32. The highest BCUT2D eigenvalue weighted by molar-refractivity contribution is 6.33. The average molecular weight is 392 g/mol. The van der Waals surface area contributed by atoms with Gasteiger partial charge in [-0.1, -0.05) is 36.2 Å². The van der Waals surface area contributed by atoms with Crippen LogP contribution in [0.25, 0.3) is 0 Å². The maximum atomic E-state index is 12.8. The third kappa shape index (κ3) is 5.28. The number of benzene rings is 2. The SMILES string of the molecule is CC[C@H](Oc1cccc(Cl)c1)C(=O)Nc1cc(C(F)(F)F)ccc1Cl. The first-order valence-corrected chi connectivity index (χ1v) is 8.06. The zero-order valence-electron chi connectivity index (χ0n) is 13.0. The second-order valence-electron chi connectivity index (χ2n) is 5.15. The van der Waals surface area contributed by atoms with Crippen molar-refractivity contribution in [3.05, 3.63) is 58.1 Å². The molecule has 0 aliphatic carbocycles. The first kappa shape index (κ1) is 19.4. The summed E-state index contributed by atoms with van der Waals surface area (Å²) in [5.41, 5.74) is -1.04. The number of carbonyl (C=O) groups excluding carboxylic acids is 1. The standard InChI is InChI=1S/C17H14Cl2F3NO2/c1-2-15(25-12-5-3-4-11(18)9-12)16(24)23-14-8-10(17(20,21)22)6-7-13(14)19/h3-9,15H,2H2,1H3,(H,23,24)/t15-/m0/s1. The molecular formula is C17H14Cl2F3NO2. The minimum absolute atomic E-state index is 0.000964. The fraction of sp³-hybridized carbons (Fsp3) is 0.235. The van der Waals surface area contributed by atoms with Gasteiger partial charge in [0.1, 0.15) is 5.75 Å². The van der Waals surface area contributed by atoms with Gasteiger partial charge in [0.2, 0.25) is 0 Å². The number of carbonyl (C=O) groups is 1. The second-order valence-corrected chi connectivity index (χ2v) is 6.00. The van der Waals surface area contributed by atoms with E-state index < -0.39 is 23.8 Å². The van der Waals surface area contributed by atoms with Gasteiger partial charge in [-0.2, -0.15) is 13.2 Å². The highest BCUT2D eigenvalue weighted by Crippen LogP contribution is 2.34. The average Bonchev–Trinajstić information content (AvgIpc) is 2.53. The normalized spacial score (nSPS) is 12.6. The maximum absolute atomic E-state index is 12.8. The highest BCUT2D eigenvalue weighted by Gasteiger charge is 2.31. The van der Waals surface area contributed by atoms with Crippen LogP contribution in [0.1, 0.15) is 18.9 Å². The Hall–Kier alpha value is -1.92. The molecule has 0 radical (unpaired) electrons. The third-order valence-corrected chi connectivity index (χ3v) is 3.85. The van der Waals surface area contributed by atoms with Crippen molar-refractivity contribution in [3.8, 4) is 5.75 Å². The first-order valence-electron chi connectivity index (χ1n) is 7.30. The van der Waals surface area contributed by atoms with Crippen LogP contribution in [0, 0.1) is 0 Å². The predicted molar refractivity (Wildman–Crippen MR) is 91.2 cm³/mol. The van der Waals surface area contributed by atoms with Gasteiger partial charge in [-0.15, -0.1) is 0 Å². The lowest BCUT2D eigenvalue weighted by molar-refractivity contribution is -0.137. The molecule has 2 aromatic carbocycles. The van der Waals surface area contributed by atoms with E-state index in [9.17, 15) is 18.0 Å². The van der Waals surface area contributed by atoms with Crippen molar-refractivity contribution in [1.29, 1.82) is 0 Å². The van der Waals surface area contributed by atoms with Crippen molar-refractivity contribution < 1.29 is 22.7 Å². The fourth-order valence-electron chi connectivity index (χ4n) is 2.04. The molecule has 0 unspecified atom stereocenters. The molecule has 2 aromatic rings. The molecule has 0 saturated carbocycles. The van der Waals surface area contributed by atoms with Crippen molar-refractivity contribution in [1.82, 2.24) is 0 Å². The van der Waals surface area contributed by atoms with Crippen LogP contribution in [-0.2, 0) is 11.0 Å². The van der Waals surface area contributed by atoms with Gasteiger partial charge >= 0.3 is 6.18 Å². The Balaban J connectivity index is 2.16.